The van der Waals surface area contributed by atoms with E-state index >= 15 is 0 Å². The van der Waals surface area contributed by atoms with E-state index in [1.54, 1.807) is 24.4 Å². The van der Waals surface area contributed by atoms with Gasteiger partial charge in [-0.3, -0.25) is 14.6 Å². The largest absolute Gasteiger partial charge is 0.370 e. The lowest BCUT2D eigenvalue weighted by atomic mass is 10.2. The highest BCUT2D eigenvalue weighted by atomic mass is 16.5. The zero-order chi connectivity index (χ0) is 17.5. The molecule has 132 valence electrons. The highest BCUT2D eigenvalue weighted by molar-refractivity contribution is 6.40. The zero-order valence-electron chi connectivity index (χ0n) is 14.1. The first-order valence-corrected chi connectivity index (χ1v) is 8.58. The molecule has 1 aliphatic rings. The number of morpholine rings is 1. The molecule has 1 aromatic heterocycles. The molecule has 0 unspecified atom stereocenters. The van der Waals surface area contributed by atoms with Gasteiger partial charge < -0.3 is 20.3 Å². The van der Waals surface area contributed by atoms with E-state index in [0.717, 1.165) is 50.2 Å². The Hall–Kier alpha value is -2.51. The molecule has 2 amide bonds. The standard InChI is InChI=1S/C18H22N4O3/c23-17(20-8-3-9-22-10-12-25-13-11-22)18(24)21-16-6-1-5-15-14(16)4-2-7-19-15/h1-2,4-7H,3,8-13H2,(H,20,23)(H,21,24)/p+1. The predicted molar refractivity (Wildman–Crippen MR) is 94.4 cm³/mol. The number of benzene rings is 1. The summed E-state index contributed by atoms with van der Waals surface area (Å²) in [4.78, 5) is 29.8. The van der Waals surface area contributed by atoms with Gasteiger partial charge in [-0.2, -0.15) is 0 Å². The Morgan fingerprint density at radius 2 is 1.96 bits per heavy atom. The minimum atomic E-state index is -0.657. The number of anilines is 1. The molecule has 2 aromatic rings. The van der Waals surface area contributed by atoms with E-state index in [1.807, 2.05) is 12.1 Å². The van der Waals surface area contributed by atoms with Crippen LogP contribution in [0.2, 0.25) is 0 Å². The second-order valence-corrected chi connectivity index (χ2v) is 6.05. The average Bonchev–Trinajstić information content (AvgIpc) is 2.66. The van der Waals surface area contributed by atoms with E-state index in [1.165, 1.54) is 4.90 Å². The average molecular weight is 343 g/mol. The van der Waals surface area contributed by atoms with Crippen molar-refractivity contribution >= 4 is 28.4 Å². The van der Waals surface area contributed by atoms with Crippen molar-refractivity contribution in [2.24, 2.45) is 0 Å². The highest BCUT2D eigenvalue weighted by Gasteiger charge is 2.16. The van der Waals surface area contributed by atoms with Gasteiger partial charge in [0.05, 0.1) is 31.0 Å². The van der Waals surface area contributed by atoms with Gasteiger partial charge in [0, 0.05) is 24.5 Å². The maximum absolute atomic E-state index is 12.1. The number of nitrogens with zero attached hydrogens (tertiary/aromatic N) is 1. The molecule has 1 aromatic carbocycles. The summed E-state index contributed by atoms with van der Waals surface area (Å²) in [7, 11) is 0. The van der Waals surface area contributed by atoms with Gasteiger partial charge >= 0.3 is 11.8 Å². The summed E-state index contributed by atoms with van der Waals surface area (Å²) in [5, 5.41) is 6.15. The molecule has 0 radical (unpaired) electrons. The maximum atomic E-state index is 12.1. The minimum absolute atomic E-state index is 0.494. The van der Waals surface area contributed by atoms with Crippen molar-refractivity contribution in [1.82, 2.24) is 10.3 Å². The third-order valence-corrected chi connectivity index (χ3v) is 4.29. The first-order chi connectivity index (χ1) is 12.2. The van der Waals surface area contributed by atoms with E-state index < -0.39 is 11.8 Å². The summed E-state index contributed by atoms with van der Waals surface area (Å²) < 4.78 is 5.31. The number of quaternary nitrogens is 1. The molecule has 3 N–H and O–H groups in total. The Labute approximate surface area is 146 Å². The van der Waals surface area contributed by atoms with Gasteiger partial charge in [0.25, 0.3) is 0 Å². The molecule has 1 aliphatic heterocycles. The summed E-state index contributed by atoms with van der Waals surface area (Å²) in [6, 6.07) is 9.08. The van der Waals surface area contributed by atoms with Crippen LogP contribution in [-0.2, 0) is 14.3 Å². The van der Waals surface area contributed by atoms with E-state index in [9.17, 15) is 9.59 Å². The number of amides is 2. The zero-order valence-corrected chi connectivity index (χ0v) is 14.1. The second kappa shape index (κ2) is 8.55. The van der Waals surface area contributed by atoms with Crippen LogP contribution in [0.5, 0.6) is 0 Å². The molecule has 7 nitrogen and oxygen atoms in total. The van der Waals surface area contributed by atoms with Gasteiger partial charge in [-0.25, -0.2) is 0 Å². The molecular weight excluding hydrogens is 320 g/mol. The fraction of sp³-hybridized carbons (Fsp3) is 0.389. The smallest absolute Gasteiger partial charge is 0.313 e. The number of hydrogen-bond donors (Lipinski definition) is 3. The van der Waals surface area contributed by atoms with E-state index in [4.69, 9.17) is 4.74 Å². The number of carbonyl (C=O) groups is 2. The topological polar surface area (TPSA) is 84.8 Å². The van der Waals surface area contributed by atoms with Crippen molar-refractivity contribution in [3.8, 4) is 0 Å². The van der Waals surface area contributed by atoms with Crippen molar-refractivity contribution in [2.75, 3.05) is 44.7 Å². The van der Waals surface area contributed by atoms with Crippen LogP contribution in [0.15, 0.2) is 36.5 Å². The number of pyridine rings is 1. The van der Waals surface area contributed by atoms with Crippen LogP contribution in [0, 0.1) is 0 Å². The molecule has 1 fully saturated rings. The normalized spacial score (nSPS) is 15.0. The molecule has 7 heteroatoms. The molecule has 3 rings (SSSR count). The number of hydrogen-bond acceptors (Lipinski definition) is 4. The summed E-state index contributed by atoms with van der Waals surface area (Å²) in [6.45, 7) is 5.06. The molecular formula is C18H23N4O3+. The van der Waals surface area contributed by atoms with Gasteiger partial charge in [-0.1, -0.05) is 6.07 Å². The van der Waals surface area contributed by atoms with Crippen molar-refractivity contribution in [3.05, 3.63) is 36.5 Å². The van der Waals surface area contributed by atoms with Crippen molar-refractivity contribution in [1.29, 1.82) is 0 Å². The number of ether oxygens (including phenoxy) is 1. The van der Waals surface area contributed by atoms with E-state index in [0.29, 0.717) is 12.2 Å². The first-order valence-electron chi connectivity index (χ1n) is 8.58. The van der Waals surface area contributed by atoms with Crippen LogP contribution in [0.4, 0.5) is 5.69 Å². The quantitative estimate of drug-likeness (QED) is 0.509. The molecule has 2 heterocycles. The molecule has 0 saturated carbocycles. The van der Waals surface area contributed by atoms with Crippen molar-refractivity contribution in [3.63, 3.8) is 0 Å². The van der Waals surface area contributed by atoms with Crippen LogP contribution >= 0.6 is 0 Å². The van der Waals surface area contributed by atoms with Gasteiger partial charge in [-0.15, -0.1) is 0 Å². The van der Waals surface area contributed by atoms with Crippen LogP contribution in [0.25, 0.3) is 10.9 Å². The van der Waals surface area contributed by atoms with E-state index in [2.05, 4.69) is 15.6 Å². The molecule has 0 atom stereocenters. The minimum Gasteiger partial charge on any atom is -0.370 e. The Morgan fingerprint density at radius 1 is 1.12 bits per heavy atom. The monoisotopic (exact) mass is 343 g/mol. The van der Waals surface area contributed by atoms with Crippen LogP contribution in [-0.4, -0.2) is 56.2 Å². The van der Waals surface area contributed by atoms with Crippen LogP contribution < -0.4 is 15.5 Å². The summed E-state index contributed by atoms with van der Waals surface area (Å²) >= 11 is 0. The fourth-order valence-corrected chi connectivity index (χ4v) is 2.92. The third kappa shape index (κ3) is 4.74. The predicted octanol–water partition coefficient (Wildman–Crippen LogP) is -0.405. The van der Waals surface area contributed by atoms with Gasteiger partial charge in [0.15, 0.2) is 0 Å². The molecule has 0 spiro atoms. The SMILES string of the molecule is O=C(NCCC[NH+]1CCOCC1)C(=O)Nc1cccc2ncccc12. The summed E-state index contributed by atoms with van der Waals surface area (Å²) in [5.41, 5.74) is 1.36. The number of carbonyl (C=O) groups excluding carboxylic acids is 2. The molecule has 25 heavy (non-hydrogen) atoms. The lowest BCUT2D eigenvalue weighted by molar-refractivity contribution is -0.908. The maximum Gasteiger partial charge on any atom is 0.313 e. The van der Waals surface area contributed by atoms with Gasteiger partial charge in [0.1, 0.15) is 13.1 Å². The lowest BCUT2D eigenvalue weighted by Gasteiger charge is -2.23. The Morgan fingerprint density at radius 3 is 2.80 bits per heavy atom. The lowest BCUT2D eigenvalue weighted by Crippen LogP contribution is -3.14. The molecule has 1 saturated heterocycles. The number of aromatic nitrogens is 1. The fourth-order valence-electron chi connectivity index (χ4n) is 2.92. The Bertz CT molecular complexity index is 739. The van der Waals surface area contributed by atoms with Crippen LogP contribution in [0.3, 0.4) is 0 Å². The van der Waals surface area contributed by atoms with Crippen molar-refractivity contribution < 1.29 is 19.2 Å². The summed E-state index contributed by atoms with van der Waals surface area (Å²) in [6.07, 6.45) is 2.53. The number of fused-ring (bicyclic) bond motifs is 1. The highest BCUT2D eigenvalue weighted by Crippen LogP contribution is 2.20. The van der Waals surface area contributed by atoms with Crippen LogP contribution in [0.1, 0.15) is 6.42 Å². The number of nitrogens with one attached hydrogen (secondary N) is 3. The third-order valence-electron chi connectivity index (χ3n) is 4.29. The first kappa shape index (κ1) is 17.3. The second-order valence-electron chi connectivity index (χ2n) is 6.05. The molecule has 0 bridgehead atoms. The Balaban J connectivity index is 1.46. The van der Waals surface area contributed by atoms with Gasteiger partial charge in [-0.05, 0) is 24.3 Å². The van der Waals surface area contributed by atoms with Crippen molar-refractivity contribution in [2.45, 2.75) is 6.42 Å². The Kier molecular flexibility index (Phi) is 5.92. The van der Waals surface area contributed by atoms with E-state index in [-0.39, 0.29) is 0 Å². The molecule has 0 aliphatic carbocycles. The number of rotatable bonds is 5. The summed E-state index contributed by atoms with van der Waals surface area (Å²) in [5.74, 6) is -1.27. The van der Waals surface area contributed by atoms with Gasteiger partial charge in [0.2, 0.25) is 0 Å².